The number of nitrogens with one attached hydrogen (secondary N) is 3. The van der Waals surface area contributed by atoms with Crippen LogP contribution in [0.2, 0.25) is 0 Å². The summed E-state index contributed by atoms with van der Waals surface area (Å²) in [5.41, 5.74) is 11.3. The molecular formula is C24H23N5O5. The second-order valence-electron chi connectivity index (χ2n) is 7.85. The van der Waals surface area contributed by atoms with Crippen LogP contribution < -0.4 is 16.3 Å². The maximum absolute atomic E-state index is 12.7. The maximum Gasteiger partial charge on any atom is 0.305 e. The lowest BCUT2D eigenvalue weighted by molar-refractivity contribution is -0.384. The van der Waals surface area contributed by atoms with Gasteiger partial charge in [-0.1, -0.05) is 30.3 Å². The average molecular weight is 461 g/mol. The van der Waals surface area contributed by atoms with Gasteiger partial charge in [0.2, 0.25) is 5.91 Å². The van der Waals surface area contributed by atoms with Crippen LogP contribution in [0.25, 0.3) is 0 Å². The van der Waals surface area contributed by atoms with Crippen molar-refractivity contribution in [3.63, 3.8) is 0 Å². The fourth-order valence-electron chi connectivity index (χ4n) is 3.80. The van der Waals surface area contributed by atoms with E-state index in [9.17, 15) is 19.7 Å². The normalized spacial score (nSPS) is 13.7. The quantitative estimate of drug-likeness (QED) is 0.378. The summed E-state index contributed by atoms with van der Waals surface area (Å²) in [6.07, 6.45) is 2.29. The molecule has 1 heterocycles. The van der Waals surface area contributed by atoms with Crippen molar-refractivity contribution in [3.8, 4) is 0 Å². The lowest BCUT2D eigenvalue weighted by atomic mass is 9.93. The molecule has 0 saturated carbocycles. The molecule has 174 valence electrons. The summed E-state index contributed by atoms with van der Waals surface area (Å²) in [7, 11) is 0. The number of hydrazine groups is 1. The molecule has 10 heteroatoms. The largest absolute Gasteiger partial charge is 0.455 e. The Morgan fingerprint density at radius 3 is 2.50 bits per heavy atom. The predicted octanol–water partition coefficient (Wildman–Crippen LogP) is 3.65. The van der Waals surface area contributed by atoms with E-state index in [1.165, 1.54) is 12.1 Å². The van der Waals surface area contributed by atoms with Gasteiger partial charge in [0.25, 0.3) is 5.69 Å². The zero-order valence-electron chi connectivity index (χ0n) is 18.5. The third-order valence-electron chi connectivity index (χ3n) is 5.45. The standard InChI is InChI=1S/C24H23N5O5/c1-15-22-19(26-25-17-10-12-18(13-11-17)29(32)33)8-5-9-20(22)34-23(15)24(31)28-27-21(30)14-16-6-3-2-4-7-16/h2-4,6-7,10-13,25H,5,8-9,14H2,1H3,(H,27,30)(H,28,31)/b26-19+. The summed E-state index contributed by atoms with van der Waals surface area (Å²) in [4.78, 5) is 35.2. The first kappa shape index (κ1) is 22.7. The second-order valence-corrected chi connectivity index (χ2v) is 7.85. The Kier molecular flexibility index (Phi) is 6.67. The van der Waals surface area contributed by atoms with Crippen LogP contribution in [0.1, 0.15) is 45.8 Å². The molecule has 0 fully saturated rings. The van der Waals surface area contributed by atoms with Crippen molar-refractivity contribution >= 4 is 28.9 Å². The summed E-state index contributed by atoms with van der Waals surface area (Å²) in [6.45, 7) is 1.77. The predicted molar refractivity (Wildman–Crippen MR) is 125 cm³/mol. The van der Waals surface area contributed by atoms with E-state index in [4.69, 9.17) is 4.42 Å². The average Bonchev–Trinajstić information content (AvgIpc) is 3.19. The van der Waals surface area contributed by atoms with Crippen LogP contribution in [0.3, 0.4) is 0 Å². The van der Waals surface area contributed by atoms with Gasteiger partial charge >= 0.3 is 5.91 Å². The van der Waals surface area contributed by atoms with Gasteiger partial charge in [-0.2, -0.15) is 5.10 Å². The number of benzene rings is 2. The monoisotopic (exact) mass is 461 g/mol. The molecule has 0 spiro atoms. The molecular weight excluding hydrogens is 438 g/mol. The van der Waals surface area contributed by atoms with E-state index in [0.29, 0.717) is 29.9 Å². The highest BCUT2D eigenvalue weighted by Gasteiger charge is 2.28. The molecule has 0 radical (unpaired) electrons. The third-order valence-corrected chi connectivity index (χ3v) is 5.45. The Bertz CT molecular complexity index is 1250. The highest BCUT2D eigenvalue weighted by atomic mass is 16.6. The number of anilines is 1. The fourth-order valence-corrected chi connectivity index (χ4v) is 3.80. The number of nitrogens with zero attached hydrogens (tertiary/aromatic N) is 2. The summed E-state index contributed by atoms with van der Waals surface area (Å²) >= 11 is 0. The summed E-state index contributed by atoms with van der Waals surface area (Å²) in [6, 6.07) is 15.1. The molecule has 0 atom stereocenters. The molecule has 3 N–H and O–H groups in total. The molecule has 1 aliphatic rings. The van der Waals surface area contributed by atoms with Crippen molar-refractivity contribution in [2.24, 2.45) is 5.10 Å². The number of nitro benzene ring substituents is 1. The fraction of sp³-hybridized carbons (Fsp3) is 0.208. The van der Waals surface area contributed by atoms with E-state index in [0.717, 1.165) is 23.3 Å². The molecule has 2 aromatic carbocycles. The van der Waals surface area contributed by atoms with Crippen molar-refractivity contribution in [3.05, 3.63) is 92.9 Å². The zero-order chi connectivity index (χ0) is 24.1. The van der Waals surface area contributed by atoms with Gasteiger partial charge in [-0.25, -0.2) is 0 Å². The van der Waals surface area contributed by atoms with Crippen molar-refractivity contribution in [2.45, 2.75) is 32.6 Å². The van der Waals surface area contributed by atoms with E-state index in [2.05, 4.69) is 21.4 Å². The third kappa shape index (κ3) is 5.12. The number of hydrogen-bond acceptors (Lipinski definition) is 7. The second kappa shape index (κ2) is 9.99. The molecule has 3 aromatic rings. The number of rotatable bonds is 6. The van der Waals surface area contributed by atoms with Crippen LogP contribution in [-0.4, -0.2) is 22.4 Å². The van der Waals surface area contributed by atoms with Crippen LogP contribution in [0.5, 0.6) is 0 Å². The van der Waals surface area contributed by atoms with Crippen molar-refractivity contribution < 1.29 is 18.9 Å². The highest BCUT2D eigenvalue weighted by Crippen LogP contribution is 2.30. The van der Waals surface area contributed by atoms with Gasteiger partial charge in [-0.3, -0.25) is 36.0 Å². The molecule has 34 heavy (non-hydrogen) atoms. The Hall–Kier alpha value is -4.47. The molecule has 1 aliphatic carbocycles. The molecule has 1 aromatic heterocycles. The number of carbonyl (C=O) groups is 2. The van der Waals surface area contributed by atoms with Gasteiger partial charge in [0, 0.05) is 29.7 Å². The topological polar surface area (TPSA) is 139 Å². The van der Waals surface area contributed by atoms with Gasteiger partial charge in [-0.15, -0.1) is 0 Å². The molecule has 0 aliphatic heterocycles. The van der Waals surface area contributed by atoms with Gasteiger partial charge in [0.05, 0.1) is 22.7 Å². The molecule has 0 saturated heterocycles. The Morgan fingerprint density at radius 2 is 1.79 bits per heavy atom. The Balaban J connectivity index is 1.44. The van der Waals surface area contributed by atoms with Gasteiger partial charge in [0.1, 0.15) is 5.76 Å². The number of nitro groups is 1. The maximum atomic E-state index is 12.7. The lowest BCUT2D eigenvalue weighted by Crippen LogP contribution is -2.42. The molecule has 0 unspecified atom stereocenters. The smallest absolute Gasteiger partial charge is 0.305 e. The zero-order valence-corrected chi connectivity index (χ0v) is 18.5. The Morgan fingerprint density at radius 1 is 1.06 bits per heavy atom. The van der Waals surface area contributed by atoms with Crippen LogP contribution in [-0.2, 0) is 17.6 Å². The summed E-state index contributed by atoms with van der Waals surface area (Å²) in [5, 5.41) is 15.3. The first-order valence-corrected chi connectivity index (χ1v) is 10.7. The van der Waals surface area contributed by atoms with E-state index in [1.807, 2.05) is 30.3 Å². The minimum Gasteiger partial charge on any atom is -0.455 e. The molecule has 0 bridgehead atoms. The van der Waals surface area contributed by atoms with E-state index >= 15 is 0 Å². The van der Waals surface area contributed by atoms with Crippen LogP contribution in [0.15, 0.2) is 64.1 Å². The van der Waals surface area contributed by atoms with Crippen molar-refractivity contribution in [1.82, 2.24) is 10.9 Å². The number of amides is 2. The summed E-state index contributed by atoms with van der Waals surface area (Å²) in [5.74, 6) is -0.109. The number of aryl methyl sites for hydroxylation is 1. The van der Waals surface area contributed by atoms with Crippen LogP contribution >= 0.6 is 0 Å². The number of hydrogen-bond donors (Lipinski definition) is 3. The number of non-ortho nitro benzene ring substituents is 1. The van der Waals surface area contributed by atoms with Crippen LogP contribution in [0, 0.1) is 17.0 Å². The van der Waals surface area contributed by atoms with Gasteiger partial charge < -0.3 is 4.42 Å². The van der Waals surface area contributed by atoms with Gasteiger partial charge in [0.15, 0.2) is 5.76 Å². The number of hydrazone groups is 1. The molecule has 4 rings (SSSR count). The molecule has 2 amide bonds. The number of furan rings is 1. The lowest BCUT2D eigenvalue weighted by Gasteiger charge is -2.13. The molecule has 10 nitrogen and oxygen atoms in total. The SMILES string of the molecule is Cc1c(C(=O)NNC(=O)Cc2ccccc2)oc2c1/C(=N/Nc1ccc([N+](=O)[O-])cc1)CCC2. The van der Waals surface area contributed by atoms with E-state index < -0.39 is 10.8 Å². The first-order chi connectivity index (χ1) is 16.4. The first-order valence-electron chi connectivity index (χ1n) is 10.7. The van der Waals surface area contributed by atoms with Crippen molar-refractivity contribution in [1.29, 1.82) is 0 Å². The summed E-state index contributed by atoms with van der Waals surface area (Å²) < 4.78 is 5.83. The number of carbonyl (C=O) groups excluding carboxylic acids is 2. The van der Waals surface area contributed by atoms with E-state index in [1.54, 1.807) is 19.1 Å². The van der Waals surface area contributed by atoms with Crippen molar-refractivity contribution in [2.75, 3.05) is 5.43 Å². The highest BCUT2D eigenvalue weighted by molar-refractivity contribution is 6.06. The minimum absolute atomic E-state index is 0.00431. The minimum atomic E-state index is -0.545. The van der Waals surface area contributed by atoms with Gasteiger partial charge in [-0.05, 0) is 37.5 Å². The number of fused-ring (bicyclic) bond motifs is 1. The van der Waals surface area contributed by atoms with Crippen LogP contribution in [0.4, 0.5) is 11.4 Å². The Labute approximate surface area is 195 Å². The van der Waals surface area contributed by atoms with E-state index in [-0.39, 0.29) is 23.8 Å².